The summed E-state index contributed by atoms with van der Waals surface area (Å²) >= 11 is 0. The van der Waals surface area contributed by atoms with Gasteiger partial charge in [0.05, 0.1) is 7.11 Å². The Kier molecular flexibility index (Phi) is 7.35. The molecular weight excluding hydrogens is 404 g/mol. The van der Waals surface area contributed by atoms with Crippen molar-refractivity contribution in [3.8, 4) is 5.75 Å². The molecule has 2 aliphatic heterocycles. The molecule has 7 nitrogen and oxygen atoms in total. The number of fused-ring (bicyclic) bond motifs is 1. The van der Waals surface area contributed by atoms with Crippen molar-refractivity contribution in [1.29, 1.82) is 0 Å². The summed E-state index contributed by atoms with van der Waals surface area (Å²) in [6, 6.07) is 8.20. The number of carbonyl (C=O) groups is 2. The number of hydrogen-bond acceptors (Lipinski definition) is 4. The van der Waals surface area contributed by atoms with Crippen LogP contribution in [0.25, 0.3) is 10.9 Å². The number of hydrogen-bond donors (Lipinski definition) is 2. The van der Waals surface area contributed by atoms with Crippen molar-refractivity contribution >= 4 is 22.7 Å². The van der Waals surface area contributed by atoms with Crippen molar-refractivity contribution < 1.29 is 14.3 Å². The number of nitrogens with one attached hydrogen (secondary N) is 2. The van der Waals surface area contributed by atoms with Crippen LogP contribution in [0.15, 0.2) is 24.3 Å². The van der Waals surface area contributed by atoms with Crippen LogP contribution in [0.4, 0.5) is 0 Å². The molecule has 7 heteroatoms. The summed E-state index contributed by atoms with van der Waals surface area (Å²) in [5.74, 6) is 1.29. The summed E-state index contributed by atoms with van der Waals surface area (Å²) in [4.78, 5) is 33.0. The van der Waals surface area contributed by atoms with Gasteiger partial charge in [0.1, 0.15) is 11.4 Å². The average Bonchev–Trinajstić information content (AvgIpc) is 3.48. The van der Waals surface area contributed by atoms with Crippen LogP contribution in [0.1, 0.15) is 55.9 Å². The Bertz CT molecular complexity index is 926. The maximum atomic E-state index is 12.9. The van der Waals surface area contributed by atoms with Gasteiger partial charge in [-0.15, -0.1) is 0 Å². The Hall–Kier alpha value is -2.54. The van der Waals surface area contributed by atoms with E-state index < -0.39 is 0 Å². The highest BCUT2D eigenvalue weighted by Gasteiger charge is 2.26. The van der Waals surface area contributed by atoms with Crippen LogP contribution in [-0.4, -0.2) is 72.5 Å². The normalized spacial score (nSPS) is 18.8. The van der Waals surface area contributed by atoms with Crippen LogP contribution in [0, 0.1) is 5.92 Å². The Morgan fingerprint density at radius 2 is 1.91 bits per heavy atom. The van der Waals surface area contributed by atoms with E-state index >= 15 is 0 Å². The second-order valence-electron chi connectivity index (χ2n) is 9.31. The topological polar surface area (TPSA) is 77.7 Å². The number of ether oxygens (including phenoxy) is 1. The largest absolute Gasteiger partial charge is 0.497 e. The zero-order chi connectivity index (χ0) is 22.5. The van der Waals surface area contributed by atoms with E-state index in [2.05, 4.69) is 22.1 Å². The summed E-state index contributed by atoms with van der Waals surface area (Å²) in [5, 5.41) is 4.11. The fourth-order valence-corrected chi connectivity index (χ4v) is 4.98. The standard InChI is InChI=1S/C25H36N4O3/c1-18(28-11-3-4-12-28)7-10-26-24(30)15-19-8-13-29(14-9-19)25(31)23-16-20-5-6-21(32-2)17-22(20)27-23/h5-6,16-19,27H,3-4,7-15H2,1-2H3,(H,26,30). The van der Waals surface area contributed by atoms with Gasteiger partial charge in [-0.3, -0.25) is 9.59 Å². The van der Waals surface area contributed by atoms with Crippen LogP contribution in [-0.2, 0) is 4.79 Å². The highest BCUT2D eigenvalue weighted by molar-refractivity contribution is 5.98. The molecule has 2 fully saturated rings. The van der Waals surface area contributed by atoms with Gasteiger partial charge in [0.25, 0.3) is 5.91 Å². The van der Waals surface area contributed by atoms with Crippen molar-refractivity contribution in [2.24, 2.45) is 5.92 Å². The number of nitrogens with zero attached hydrogens (tertiary/aromatic N) is 2. The van der Waals surface area contributed by atoms with Crippen LogP contribution < -0.4 is 10.1 Å². The molecule has 0 aliphatic carbocycles. The fraction of sp³-hybridized carbons (Fsp3) is 0.600. The van der Waals surface area contributed by atoms with Crippen LogP contribution in [0.2, 0.25) is 0 Å². The van der Waals surface area contributed by atoms with E-state index in [1.54, 1.807) is 7.11 Å². The minimum atomic E-state index is 0.0268. The third-order valence-electron chi connectivity index (χ3n) is 7.08. The molecule has 0 bridgehead atoms. The third kappa shape index (κ3) is 5.44. The first-order valence-corrected chi connectivity index (χ1v) is 12.0. The van der Waals surface area contributed by atoms with E-state index in [-0.39, 0.29) is 11.8 Å². The number of rotatable bonds is 8. The first kappa shape index (κ1) is 22.6. The molecule has 2 N–H and O–H groups in total. The Morgan fingerprint density at radius 1 is 1.16 bits per heavy atom. The van der Waals surface area contributed by atoms with E-state index in [0.717, 1.165) is 42.5 Å². The Morgan fingerprint density at radius 3 is 2.62 bits per heavy atom. The first-order valence-electron chi connectivity index (χ1n) is 12.0. The molecule has 1 aromatic carbocycles. The third-order valence-corrected chi connectivity index (χ3v) is 7.08. The first-order chi connectivity index (χ1) is 15.5. The van der Waals surface area contributed by atoms with E-state index in [9.17, 15) is 9.59 Å². The van der Waals surface area contributed by atoms with Crippen molar-refractivity contribution in [1.82, 2.24) is 20.1 Å². The summed E-state index contributed by atoms with van der Waals surface area (Å²) < 4.78 is 5.26. The van der Waals surface area contributed by atoms with Gasteiger partial charge in [0.15, 0.2) is 0 Å². The predicted octanol–water partition coefficient (Wildman–Crippen LogP) is 3.41. The molecule has 2 aliphatic rings. The number of amides is 2. The summed E-state index contributed by atoms with van der Waals surface area (Å²) in [6.45, 7) is 6.79. The average molecular weight is 441 g/mol. The van der Waals surface area contributed by atoms with Gasteiger partial charge in [-0.1, -0.05) is 0 Å². The monoisotopic (exact) mass is 440 g/mol. The van der Waals surface area contributed by atoms with Gasteiger partial charge in [0.2, 0.25) is 5.91 Å². The second-order valence-corrected chi connectivity index (χ2v) is 9.31. The maximum Gasteiger partial charge on any atom is 0.270 e. The lowest BCUT2D eigenvalue weighted by Crippen LogP contribution is -2.40. The lowest BCUT2D eigenvalue weighted by Gasteiger charge is -2.31. The van der Waals surface area contributed by atoms with E-state index in [0.29, 0.717) is 37.2 Å². The number of methoxy groups -OCH3 is 1. The molecule has 3 heterocycles. The molecule has 4 rings (SSSR count). The molecule has 0 saturated carbocycles. The highest BCUT2D eigenvalue weighted by atomic mass is 16.5. The fourth-order valence-electron chi connectivity index (χ4n) is 4.98. The Labute approximate surface area is 190 Å². The molecule has 2 aromatic rings. The zero-order valence-corrected chi connectivity index (χ0v) is 19.4. The van der Waals surface area contributed by atoms with Gasteiger partial charge in [-0.2, -0.15) is 0 Å². The highest BCUT2D eigenvalue weighted by Crippen LogP contribution is 2.25. The molecule has 1 atom stereocenters. The molecular formula is C25H36N4O3. The van der Waals surface area contributed by atoms with Gasteiger partial charge in [-0.25, -0.2) is 0 Å². The minimum Gasteiger partial charge on any atom is -0.497 e. The van der Waals surface area contributed by atoms with E-state index in [1.165, 1.54) is 25.9 Å². The summed E-state index contributed by atoms with van der Waals surface area (Å²) in [5.41, 5.74) is 1.51. The zero-order valence-electron chi connectivity index (χ0n) is 19.4. The smallest absolute Gasteiger partial charge is 0.270 e. The Balaban J connectivity index is 1.20. The van der Waals surface area contributed by atoms with Crippen molar-refractivity contribution in [2.45, 2.75) is 51.5 Å². The quantitative estimate of drug-likeness (QED) is 0.660. The number of likely N-dealkylation sites (tertiary alicyclic amines) is 2. The molecule has 1 unspecified atom stereocenters. The number of aromatic nitrogens is 1. The molecule has 0 spiro atoms. The van der Waals surface area contributed by atoms with Crippen LogP contribution in [0.5, 0.6) is 5.75 Å². The molecule has 174 valence electrons. The number of benzene rings is 1. The maximum absolute atomic E-state index is 12.9. The lowest BCUT2D eigenvalue weighted by molar-refractivity contribution is -0.122. The summed E-state index contributed by atoms with van der Waals surface area (Å²) in [6.07, 6.45) is 5.91. The van der Waals surface area contributed by atoms with Gasteiger partial charge >= 0.3 is 0 Å². The number of aromatic amines is 1. The lowest BCUT2D eigenvalue weighted by atomic mass is 9.93. The van der Waals surface area contributed by atoms with Crippen molar-refractivity contribution in [2.75, 3.05) is 39.8 Å². The molecule has 0 radical (unpaired) electrons. The van der Waals surface area contributed by atoms with Gasteiger partial charge in [0, 0.05) is 49.1 Å². The molecule has 1 aromatic heterocycles. The van der Waals surface area contributed by atoms with E-state index in [4.69, 9.17) is 4.74 Å². The predicted molar refractivity (Wildman–Crippen MR) is 126 cm³/mol. The molecule has 32 heavy (non-hydrogen) atoms. The van der Waals surface area contributed by atoms with Crippen molar-refractivity contribution in [3.05, 3.63) is 30.0 Å². The van der Waals surface area contributed by atoms with E-state index in [1.807, 2.05) is 29.2 Å². The van der Waals surface area contributed by atoms with Crippen molar-refractivity contribution in [3.63, 3.8) is 0 Å². The van der Waals surface area contributed by atoms with Gasteiger partial charge < -0.3 is 24.8 Å². The van der Waals surface area contributed by atoms with Gasteiger partial charge in [-0.05, 0) is 76.2 Å². The summed E-state index contributed by atoms with van der Waals surface area (Å²) in [7, 11) is 1.63. The van der Waals surface area contributed by atoms with Crippen LogP contribution in [0.3, 0.4) is 0 Å². The number of piperidine rings is 1. The molecule has 2 amide bonds. The van der Waals surface area contributed by atoms with Crippen LogP contribution >= 0.6 is 0 Å². The minimum absolute atomic E-state index is 0.0268. The number of H-pyrrole nitrogens is 1. The number of carbonyl (C=O) groups excluding carboxylic acids is 2. The second kappa shape index (κ2) is 10.4. The molecule has 2 saturated heterocycles. The SMILES string of the molecule is COc1ccc2cc(C(=O)N3CCC(CC(=O)NCCC(C)N4CCCC4)CC3)[nH]c2c1.